The zero-order valence-corrected chi connectivity index (χ0v) is 36.8. The lowest BCUT2D eigenvalue weighted by Gasteiger charge is -2.18. The third-order valence-electron chi connectivity index (χ3n) is 9.35. The molecule has 0 fully saturated rings. The Morgan fingerprint density at radius 1 is 0.368 bits per heavy atom. The second kappa shape index (κ2) is 45.3. The van der Waals surface area contributed by atoms with Crippen LogP contribution in [0.25, 0.3) is 0 Å². The standard InChI is InChI=1S/C51H84O6/c1-4-7-10-13-16-19-22-23-24-25-26-27-30-32-35-38-41-44-50(53)56-47-48(57-51(54)45-42-39-36-33-29-21-18-15-12-9-6-3)46-55-49(52)43-40-37-34-31-28-20-17-14-11-8-5-2/h7,10,14-19,23-24,26-27,32,35,48H,4-6,8-9,11-13,20-22,25,28-31,33-34,36-47H2,1-3H3/b10-7-,17-14-,18-15-,19-16-,24-23-,27-26-,35-32-/t48-/m1/s1. The number of allylic oxidation sites excluding steroid dienone is 14. The molecule has 0 aliphatic rings. The molecular formula is C51H84O6. The third kappa shape index (κ3) is 43.6. The molecule has 0 saturated carbocycles. The number of carbonyl (C=O) groups excluding carboxylic acids is 3. The Hall–Kier alpha value is -3.41. The van der Waals surface area contributed by atoms with Gasteiger partial charge in [-0.25, -0.2) is 0 Å². The Morgan fingerprint density at radius 3 is 1.16 bits per heavy atom. The summed E-state index contributed by atoms with van der Waals surface area (Å²) in [5.41, 5.74) is 0. The average Bonchev–Trinajstić information content (AvgIpc) is 3.21. The van der Waals surface area contributed by atoms with Gasteiger partial charge in [0.1, 0.15) is 13.2 Å². The highest BCUT2D eigenvalue weighted by Gasteiger charge is 2.19. The molecule has 324 valence electrons. The second-order valence-corrected chi connectivity index (χ2v) is 14.9. The van der Waals surface area contributed by atoms with Crippen LogP contribution in [0.3, 0.4) is 0 Å². The van der Waals surface area contributed by atoms with Gasteiger partial charge in [0.15, 0.2) is 6.10 Å². The quantitative estimate of drug-likeness (QED) is 0.0266. The van der Waals surface area contributed by atoms with Gasteiger partial charge in [-0.15, -0.1) is 0 Å². The predicted octanol–water partition coefficient (Wildman–Crippen LogP) is 14.9. The van der Waals surface area contributed by atoms with Crippen molar-refractivity contribution in [1.82, 2.24) is 0 Å². The van der Waals surface area contributed by atoms with E-state index >= 15 is 0 Å². The first-order valence-corrected chi connectivity index (χ1v) is 23.1. The minimum absolute atomic E-state index is 0.103. The Labute approximate surface area is 350 Å². The molecule has 0 heterocycles. The summed E-state index contributed by atoms with van der Waals surface area (Å²) in [5.74, 6) is -0.991. The molecule has 0 spiro atoms. The van der Waals surface area contributed by atoms with E-state index in [1.165, 1.54) is 51.4 Å². The van der Waals surface area contributed by atoms with Crippen LogP contribution < -0.4 is 0 Å². The van der Waals surface area contributed by atoms with Crippen molar-refractivity contribution in [1.29, 1.82) is 0 Å². The van der Waals surface area contributed by atoms with E-state index in [0.29, 0.717) is 19.3 Å². The summed E-state index contributed by atoms with van der Waals surface area (Å²) < 4.78 is 16.6. The molecule has 0 aromatic heterocycles. The molecule has 0 N–H and O–H groups in total. The minimum Gasteiger partial charge on any atom is -0.462 e. The van der Waals surface area contributed by atoms with Crippen LogP contribution in [-0.2, 0) is 28.6 Å². The maximum Gasteiger partial charge on any atom is 0.306 e. The van der Waals surface area contributed by atoms with Gasteiger partial charge >= 0.3 is 17.9 Å². The van der Waals surface area contributed by atoms with Crippen LogP contribution in [0.4, 0.5) is 0 Å². The zero-order chi connectivity index (χ0) is 41.5. The molecule has 0 aromatic rings. The molecule has 6 nitrogen and oxygen atoms in total. The fourth-order valence-corrected chi connectivity index (χ4v) is 5.85. The lowest BCUT2D eigenvalue weighted by atomic mass is 10.1. The number of carbonyl (C=O) groups is 3. The van der Waals surface area contributed by atoms with E-state index in [4.69, 9.17) is 14.2 Å². The smallest absolute Gasteiger partial charge is 0.306 e. The average molecular weight is 793 g/mol. The molecular weight excluding hydrogens is 709 g/mol. The summed E-state index contributed by atoms with van der Waals surface area (Å²) >= 11 is 0. The molecule has 6 heteroatoms. The molecule has 0 unspecified atom stereocenters. The largest absolute Gasteiger partial charge is 0.462 e. The van der Waals surface area contributed by atoms with Crippen molar-refractivity contribution in [3.8, 4) is 0 Å². The molecule has 0 radical (unpaired) electrons. The van der Waals surface area contributed by atoms with Crippen LogP contribution in [0.5, 0.6) is 0 Å². The molecule has 0 bridgehead atoms. The summed E-state index contributed by atoms with van der Waals surface area (Å²) in [6.07, 6.45) is 57.1. The van der Waals surface area contributed by atoms with Gasteiger partial charge in [0.25, 0.3) is 0 Å². The topological polar surface area (TPSA) is 78.9 Å². The molecule has 57 heavy (non-hydrogen) atoms. The van der Waals surface area contributed by atoms with E-state index < -0.39 is 6.10 Å². The molecule has 0 saturated heterocycles. The van der Waals surface area contributed by atoms with Gasteiger partial charge in [0, 0.05) is 19.3 Å². The highest BCUT2D eigenvalue weighted by atomic mass is 16.6. The molecule has 0 aromatic carbocycles. The van der Waals surface area contributed by atoms with E-state index in [2.05, 4.69) is 106 Å². The fourth-order valence-electron chi connectivity index (χ4n) is 5.85. The second-order valence-electron chi connectivity index (χ2n) is 14.9. The van der Waals surface area contributed by atoms with Crippen molar-refractivity contribution in [2.75, 3.05) is 13.2 Å². The summed E-state index contributed by atoms with van der Waals surface area (Å²) in [5, 5.41) is 0. The summed E-state index contributed by atoms with van der Waals surface area (Å²) in [4.78, 5) is 37.7. The van der Waals surface area contributed by atoms with Gasteiger partial charge in [0.05, 0.1) is 0 Å². The number of hydrogen-bond donors (Lipinski definition) is 0. The van der Waals surface area contributed by atoms with Gasteiger partial charge < -0.3 is 14.2 Å². The Balaban J connectivity index is 4.49. The Kier molecular flexibility index (Phi) is 42.6. The fraction of sp³-hybridized carbons (Fsp3) is 0.667. The van der Waals surface area contributed by atoms with Crippen LogP contribution in [-0.4, -0.2) is 37.2 Å². The SMILES string of the molecule is CC/C=C\C/C=C\C/C=C\C/C=C\C/C=C\CCCC(=O)OC[C@@H](COC(=O)CCCCCCC/C=C\CCCC)OC(=O)CCCCCCC/C=C\CCCC. The van der Waals surface area contributed by atoms with Crippen molar-refractivity contribution in [3.63, 3.8) is 0 Å². The Bertz CT molecular complexity index is 1140. The first-order valence-electron chi connectivity index (χ1n) is 23.1. The highest BCUT2D eigenvalue weighted by molar-refractivity contribution is 5.71. The molecule has 1 atom stereocenters. The Morgan fingerprint density at radius 2 is 0.702 bits per heavy atom. The predicted molar refractivity (Wildman–Crippen MR) is 242 cm³/mol. The zero-order valence-electron chi connectivity index (χ0n) is 36.8. The van der Waals surface area contributed by atoms with Crippen molar-refractivity contribution >= 4 is 17.9 Å². The number of hydrogen-bond acceptors (Lipinski definition) is 6. The first kappa shape index (κ1) is 53.6. The lowest BCUT2D eigenvalue weighted by Crippen LogP contribution is -2.30. The van der Waals surface area contributed by atoms with Gasteiger partial charge in [-0.1, -0.05) is 170 Å². The van der Waals surface area contributed by atoms with Gasteiger partial charge in [0.2, 0.25) is 0 Å². The maximum absolute atomic E-state index is 12.7. The van der Waals surface area contributed by atoms with Crippen molar-refractivity contribution in [3.05, 3.63) is 85.1 Å². The van der Waals surface area contributed by atoms with Crippen LogP contribution in [0.1, 0.15) is 201 Å². The van der Waals surface area contributed by atoms with Crippen molar-refractivity contribution < 1.29 is 28.6 Å². The van der Waals surface area contributed by atoms with Crippen LogP contribution in [0.2, 0.25) is 0 Å². The summed E-state index contributed by atoms with van der Waals surface area (Å²) in [6.45, 7) is 6.36. The van der Waals surface area contributed by atoms with Crippen LogP contribution in [0, 0.1) is 0 Å². The molecule has 0 aliphatic carbocycles. The monoisotopic (exact) mass is 793 g/mol. The van der Waals surface area contributed by atoms with Crippen molar-refractivity contribution in [2.45, 2.75) is 207 Å². The normalized spacial score (nSPS) is 12.8. The summed E-state index contributed by atoms with van der Waals surface area (Å²) in [6, 6.07) is 0. The van der Waals surface area contributed by atoms with Crippen molar-refractivity contribution in [2.24, 2.45) is 0 Å². The number of ether oxygens (including phenoxy) is 3. The third-order valence-corrected chi connectivity index (χ3v) is 9.35. The lowest BCUT2D eigenvalue weighted by molar-refractivity contribution is -0.167. The van der Waals surface area contributed by atoms with Gasteiger partial charge in [-0.2, -0.15) is 0 Å². The van der Waals surface area contributed by atoms with E-state index in [-0.39, 0.29) is 37.5 Å². The summed E-state index contributed by atoms with van der Waals surface area (Å²) in [7, 11) is 0. The van der Waals surface area contributed by atoms with Crippen LogP contribution in [0.15, 0.2) is 85.1 Å². The first-order chi connectivity index (χ1) is 28.0. The number of rotatable bonds is 40. The van der Waals surface area contributed by atoms with E-state index in [0.717, 1.165) is 103 Å². The van der Waals surface area contributed by atoms with Gasteiger partial charge in [-0.05, 0) is 96.3 Å². The maximum atomic E-state index is 12.7. The molecule has 0 aliphatic heterocycles. The van der Waals surface area contributed by atoms with E-state index in [9.17, 15) is 14.4 Å². The van der Waals surface area contributed by atoms with Crippen LogP contribution >= 0.6 is 0 Å². The number of unbranched alkanes of at least 4 members (excludes halogenated alkanes) is 15. The minimum atomic E-state index is -0.804. The van der Waals surface area contributed by atoms with Gasteiger partial charge in [-0.3, -0.25) is 14.4 Å². The number of esters is 3. The molecule has 0 rings (SSSR count). The van der Waals surface area contributed by atoms with E-state index in [1.54, 1.807) is 0 Å². The highest BCUT2D eigenvalue weighted by Crippen LogP contribution is 2.12. The molecule has 0 amide bonds. The van der Waals surface area contributed by atoms with E-state index in [1.807, 2.05) is 0 Å².